The van der Waals surface area contributed by atoms with Crippen LogP contribution in [0.5, 0.6) is 11.5 Å². The van der Waals surface area contributed by atoms with Gasteiger partial charge in [-0.3, -0.25) is 19.7 Å². The molecule has 0 aliphatic carbocycles. The van der Waals surface area contributed by atoms with E-state index in [0.29, 0.717) is 34.0 Å². The fourth-order valence-electron chi connectivity index (χ4n) is 3.14. The van der Waals surface area contributed by atoms with Crippen molar-refractivity contribution in [2.75, 3.05) is 30.6 Å². The summed E-state index contributed by atoms with van der Waals surface area (Å²) in [7, 11) is 2.97. The summed E-state index contributed by atoms with van der Waals surface area (Å²) in [6, 6.07) is 16.4. The third-order valence-corrected chi connectivity index (χ3v) is 5.84. The number of nitro groups is 1. The zero-order valence-electron chi connectivity index (χ0n) is 18.8. The van der Waals surface area contributed by atoms with Gasteiger partial charge in [-0.2, -0.15) is 0 Å². The normalized spacial score (nSPS) is 10.3. The van der Waals surface area contributed by atoms with E-state index in [0.717, 1.165) is 4.90 Å². The number of hydrogen-bond donors (Lipinski definition) is 2. The van der Waals surface area contributed by atoms with Crippen molar-refractivity contribution in [1.29, 1.82) is 0 Å². The minimum absolute atomic E-state index is 0.0267. The highest BCUT2D eigenvalue weighted by atomic mass is 32.2. The van der Waals surface area contributed by atoms with Crippen LogP contribution in [0.2, 0.25) is 0 Å². The first-order valence-corrected chi connectivity index (χ1v) is 11.1. The van der Waals surface area contributed by atoms with Gasteiger partial charge in [0.25, 0.3) is 11.6 Å². The molecule has 0 spiro atoms. The predicted octanol–water partition coefficient (Wildman–Crippen LogP) is 4.90. The van der Waals surface area contributed by atoms with E-state index in [2.05, 4.69) is 10.6 Å². The number of ether oxygens (including phenoxy) is 2. The van der Waals surface area contributed by atoms with Crippen LogP contribution in [0.25, 0.3) is 0 Å². The molecule has 3 aromatic carbocycles. The van der Waals surface area contributed by atoms with Gasteiger partial charge in [0.15, 0.2) is 0 Å². The average molecular weight is 482 g/mol. The van der Waals surface area contributed by atoms with Crippen molar-refractivity contribution in [1.82, 2.24) is 0 Å². The molecular formula is C24H23N3O6S. The molecule has 3 aromatic rings. The number of non-ortho nitro benzene ring substituents is 1. The van der Waals surface area contributed by atoms with Crippen molar-refractivity contribution in [2.45, 2.75) is 11.8 Å². The first-order chi connectivity index (χ1) is 16.3. The maximum absolute atomic E-state index is 12.8. The molecule has 0 heterocycles. The Hall–Kier alpha value is -4.05. The summed E-state index contributed by atoms with van der Waals surface area (Å²) in [5.74, 6) is 0.354. The lowest BCUT2D eigenvalue weighted by Crippen LogP contribution is -2.15. The van der Waals surface area contributed by atoms with Gasteiger partial charge >= 0.3 is 0 Å². The molecule has 2 amide bonds. The van der Waals surface area contributed by atoms with Crippen molar-refractivity contribution < 1.29 is 24.0 Å². The third-order valence-electron chi connectivity index (χ3n) is 4.83. The minimum Gasteiger partial charge on any atom is -0.496 e. The molecule has 0 aliphatic heterocycles. The second-order valence-electron chi connectivity index (χ2n) is 7.11. The number of benzene rings is 3. The van der Waals surface area contributed by atoms with Crippen LogP contribution in [0.4, 0.5) is 17.1 Å². The lowest BCUT2D eigenvalue weighted by Gasteiger charge is -2.13. The summed E-state index contributed by atoms with van der Waals surface area (Å²) >= 11 is 1.32. The minimum atomic E-state index is -0.479. The van der Waals surface area contributed by atoms with E-state index in [4.69, 9.17) is 9.47 Å². The third kappa shape index (κ3) is 6.04. The molecule has 0 atom stereocenters. The monoisotopic (exact) mass is 481 g/mol. The van der Waals surface area contributed by atoms with Gasteiger partial charge in [0.1, 0.15) is 17.1 Å². The maximum Gasteiger partial charge on any atom is 0.269 e. The second-order valence-corrected chi connectivity index (χ2v) is 8.16. The van der Waals surface area contributed by atoms with Gasteiger partial charge < -0.3 is 20.1 Å². The Balaban J connectivity index is 1.58. The van der Waals surface area contributed by atoms with Gasteiger partial charge in [-0.15, -0.1) is 11.8 Å². The Bertz CT molecular complexity index is 1190. The highest BCUT2D eigenvalue weighted by molar-refractivity contribution is 8.00. The summed E-state index contributed by atoms with van der Waals surface area (Å²) in [5, 5.41) is 16.4. The first kappa shape index (κ1) is 24.6. The maximum atomic E-state index is 12.8. The number of rotatable bonds is 9. The number of anilines is 2. The van der Waals surface area contributed by atoms with E-state index in [-0.39, 0.29) is 23.3 Å². The number of aryl methyl sites for hydroxylation is 1. The van der Waals surface area contributed by atoms with E-state index in [9.17, 15) is 19.7 Å². The fraction of sp³-hybridized carbons (Fsp3) is 0.167. The molecule has 34 heavy (non-hydrogen) atoms. The molecule has 0 saturated carbocycles. The number of methoxy groups -OCH3 is 2. The summed E-state index contributed by atoms with van der Waals surface area (Å²) in [5.41, 5.74) is 1.99. The first-order valence-electron chi connectivity index (χ1n) is 10.1. The largest absolute Gasteiger partial charge is 0.496 e. The number of carbonyl (C=O) groups excluding carboxylic acids is 2. The summed E-state index contributed by atoms with van der Waals surface area (Å²) in [6.07, 6.45) is 0. The molecule has 0 aromatic heterocycles. The Morgan fingerprint density at radius 2 is 1.62 bits per heavy atom. The van der Waals surface area contributed by atoms with Crippen LogP contribution < -0.4 is 20.1 Å². The molecule has 0 saturated heterocycles. The van der Waals surface area contributed by atoms with Crippen molar-refractivity contribution in [3.63, 3.8) is 0 Å². The summed E-state index contributed by atoms with van der Waals surface area (Å²) in [6.45, 7) is 1.70. The number of nitrogens with zero attached hydrogens (tertiary/aromatic N) is 1. The SMILES string of the molecule is COc1cccc(OC)c1C(=O)Nc1ccc(SCC(=O)Nc2ccc([N+](=O)[O-])cc2C)cc1. The standard InChI is InChI=1S/C24H23N3O6S/c1-15-13-17(27(30)31)9-12-19(15)26-22(28)14-34-18-10-7-16(8-11-18)25-24(29)23-20(32-2)5-4-6-21(23)33-3/h4-13H,14H2,1-3H3,(H,25,29)(H,26,28). The fourth-order valence-corrected chi connectivity index (χ4v) is 3.84. The zero-order valence-corrected chi connectivity index (χ0v) is 19.6. The Morgan fingerprint density at radius 3 is 2.18 bits per heavy atom. The Kier molecular flexibility index (Phi) is 8.10. The zero-order chi connectivity index (χ0) is 24.7. The highest BCUT2D eigenvalue weighted by Crippen LogP contribution is 2.29. The van der Waals surface area contributed by atoms with Gasteiger partial charge in [-0.05, 0) is 55.0 Å². The molecule has 0 fully saturated rings. The van der Waals surface area contributed by atoms with E-state index in [1.54, 1.807) is 49.4 Å². The van der Waals surface area contributed by atoms with Crippen molar-refractivity contribution in [2.24, 2.45) is 0 Å². The molecule has 0 unspecified atom stereocenters. The van der Waals surface area contributed by atoms with E-state index >= 15 is 0 Å². The van der Waals surface area contributed by atoms with Crippen LogP contribution in [-0.4, -0.2) is 36.7 Å². The molecule has 0 bridgehead atoms. The van der Waals surface area contributed by atoms with Crippen LogP contribution in [-0.2, 0) is 4.79 Å². The predicted molar refractivity (Wildman–Crippen MR) is 131 cm³/mol. The average Bonchev–Trinajstić information content (AvgIpc) is 2.84. The van der Waals surface area contributed by atoms with E-state index < -0.39 is 4.92 Å². The van der Waals surface area contributed by atoms with Gasteiger partial charge in [0.2, 0.25) is 5.91 Å². The van der Waals surface area contributed by atoms with E-state index in [1.807, 2.05) is 0 Å². The summed E-state index contributed by atoms with van der Waals surface area (Å²) < 4.78 is 10.5. The number of nitro benzene ring substituents is 1. The Morgan fingerprint density at radius 1 is 0.971 bits per heavy atom. The van der Waals surface area contributed by atoms with Gasteiger partial charge in [0.05, 0.1) is 24.9 Å². The van der Waals surface area contributed by atoms with Crippen LogP contribution in [0.1, 0.15) is 15.9 Å². The molecule has 176 valence electrons. The number of carbonyl (C=O) groups is 2. The smallest absolute Gasteiger partial charge is 0.269 e. The molecule has 0 radical (unpaired) electrons. The van der Waals surface area contributed by atoms with Crippen molar-refractivity contribution >= 4 is 40.6 Å². The number of amides is 2. The number of thioether (sulfide) groups is 1. The van der Waals surface area contributed by atoms with Gasteiger partial charge in [-0.25, -0.2) is 0 Å². The van der Waals surface area contributed by atoms with E-state index in [1.165, 1.54) is 44.2 Å². The number of nitrogens with one attached hydrogen (secondary N) is 2. The highest BCUT2D eigenvalue weighted by Gasteiger charge is 2.18. The molecule has 9 nitrogen and oxygen atoms in total. The lowest BCUT2D eigenvalue weighted by atomic mass is 10.1. The lowest BCUT2D eigenvalue weighted by molar-refractivity contribution is -0.384. The molecule has 0 aliphatic rings. The molecular weight excluding hydrogens is 458 g/mol. The topological polar surface area (TPSA) is 120 Å². The van der Waals surface area contributed by atoms with Crippen molar-refractivity contribution in [3.05, 3.63) is 81.9 Å². The van der Waals surface area contributed by atoms with Crippen LogP contribution in [0, 0.1) is 17.0 Å². The molecule has 2 N–H and O–H groups in total. The molecule has 10 heteroatoms. The van der Waals surface area contributed by atoms with Crippen LogP contribution in [0.3, 0.4) is 0 Å². The summed E-state index contributed by atoms with van der Waals surface area (Å²) in [4.78, 5) is 36.3. The van der Waals surface area contributed by atoms with Crippen molar-refractivity contribution in [3.8, 4) is 11.5 Å². The van der Waals surface area contributed by atoms with Crippen LogP contribution >= 0.6 is 11.8 Å². The molecule has 3 rings (SSSR count). The van der Waals surface area contributed by atoms with Crippen LogP contribution in [0.15, 0.2) is 65.6 Å². The van der Waals surface area contributed by atoms with Gasteiger partial charge in [0, 0.05) is 28.4 Å². The Labute approximate surface area is 200 Å². The second kappa shape index (κ2) is 11.2. The van der Waals surface area contributed by atoms with Gasteiger partial charge in [-0.1, -0.05) is 6.07 Å². The quantitative estimate of drug-likeness (QED) is 0.253. The number of hydrogen-bond acceptors (Lipinski definition) is 7.